The third-order valence-electron chi connectivity index (χ3n) is 6.56. The highest BCUT2D eigenvalue weighted by molar-refractivity contribution is 5.79. The normalized spacial score (nSPS) is 12.2. The van der Waals surface area contributed by atoms with Crippen LogP contribution in [0.5, 0.6) is 0 Å². The van der Waals surface area contributed by atoms with Gasteiger partial charge in [-0.1, -0.05) is 122 Å². The molecule has 0 saturated heterocycles. The molecule has 0 spiro atoms. The largest absolute Gasteiger partial charge is 0.382 e. The van der Waals surface area contributed by atoms with Crippen LogP contribution in [0, 0.1) is 0 Å². The number of carbonyl (C=O) groups excluding carboxylic acids is 2. The summed E-state index contributed by atoms with van der Waals surface area (Å²) in [5.74, 6) is -0.974. The van der Waals surface area contributed by atoms with E-state index in [4.69, 9.17) is 4.84 Å². The average Bonchev–Trinajstić information content (AvgIpc) is 2.82. The molecule has 0 aliphatic rings. The van der Waals surface area contributed by atoms with E-state index in [1.54, 1.807) is 0 Å². The van der Waals surface area contributed by atoms with Crippen molar-refractivity contribution in [2.45, 2.75) is 148 Å². The number of aliphatic hydroxyl groups is 1. The second-order valence-electron chi connectivity index (χ2n) is 10.5. The minimum Gasteiger partial charge on any atom is -0.382 e. The lowest BCUT2D eigenvalue weighted by Crippen LogP contribution is -2.40. The minimum absolute atomic E-state index is 0.187. The van der Waals surface area contributed by atoms with Gasteiger partial charge in [0.25, 0.3) is 5.91 Å². The van der Waals surface area contributed by atoms with Crippen LogP contribution in [0.4, 0.5) is 0 Å². The number of hydrogen-bond acceptors (Lipinski definition) is 5. The van der Waals surface area contributed by atoms with Gasteiger partial charge in [0.2, 0.25) is 0 Å². The molecule has 1 atom stereocenters. The van der Waals surface area contributed by atoms with Crippen LogP contribution in [-0.2, 0) is 14.4 Å². The van der Waals surface area contributed by atoms with Gasteiger partial charge in [0.05, 0.1) is 6.54 Å². The molecule has 208 valence electrons. The Bertz CT molecular complexity index is 497. The molecule has 0 aliphatic heterocycles. The van der Waals surface area contributed by atoms with Gasteiger partial charge in [0.1, 0.15) is 0 Å². The van der Waals surface area contributed by atoms with Gasteiger partial charge in [-0.3, -0.25) is 4.79 Å². The summed E-state index contributed by atoms with van der Waals surface area (Å²) in [6.07, 6.45) is 24.2. The lowest BCUT2D eigenvalue weighted by molar-refractivity contribution is -0.205. The highest BCUT2D eigenvalue weighted by atomic mass is 16.7. The second kappa shape index (κ2) is 24.5. The number of amides is 1. The first-order valence-corrected chi connectivity index (χ1v) is 14.7. The van der Waals surface area contributed by atoms with Crippen molar-refractivity contribution >= 4 is 11.9 Å². The van der Waals surface area contributed by atoms with Gasteiger partial charge >= 0.3 is 5.97 Å². The smallest absolute Gasteiger partial charge is 0.360 e. The first-order chi connectivity index (χ1) is 16.9. The van der Waals surface area contributed by atoms with E-state index in [9.17, 15) is 14.7 Å². The Kier molecular flexibility index (Phi) is 23.8. The van der Waals surface area contributed by atoms with E-state index in [1.165, 1.54) is 110 Å². The molecule has 1 amide bonds. The van der Waals surface area contributed by atoms with Gasteiger partial charge in [-0.05, 0) is 27.4 Å². The lowest BCUT2D eigenvalue weighted by Gasteiger charge is -2.23. The number of carbonyl (C=O) groups is 2. The van der Waals surface area contributed by atoms with Crippen molar-refractivity contribution < 1.29 is 19.5 Å². The Morgan fingerprint density at radius 3 is 1.37 bits per heavy atom. The van der Waals surface area contributed by atoms with Crippen LogP contribution < -0.4 is 0 Å². The first kappa shape index (κ1) is 33.9. The number of unbranched alkanes of at least 4 members (excludes halogenated alkanes) is 18. The molecule has 0 saturated carbocycles. The molecule has 0 aromatic carbocycles. The molecule has 1 N–H and O–H groups in total. The Labute approximate surface area is 217 Å². The third-order valence-corrected chi connectivity index (χ3v) is 6.56. The van der Waals surface area contributed by atoms with Crippen LogP contribution >= 0.6 is 0 Å². The van der Waals surface area contributed by atoms with Crippen LogP contribution in [-0.4, -0.2) is 60.2 Å². The fourth-order valence-electron chi connectivity index (χ4n) is 4.18. The summed E-state index contributed by atoms with van der Waals surface area (Å²) < 4.78 is 0. The molecule has 0 rings (SSSR count). The van der Waals surface area contributed by atoms with E-state index < -0.39 is 12.1 Å². The molecular weight excluding hydrogens is 440 g/mol. The molecule has 0 aromatic rings. The van der Waals surface area contributed by atoms with Gasteiger partial charge in [0.15, 0.2) is 6.10 Å². The van der Waals surface area contributed by atoms with Crippen molar-refractivity contribution in [2.75, 3.05) is 27.2 Å². The van der Waals surface area contributed by atoms with Gasteiger partial charge in [-0.15, -0.1) is 0 Å². The van der Waals surface area contributed by atoms with E-state index in [2.05, 4.69) is 6.92 Å². The highest BCUT2D eigenvalue weighted by Crippen LogP contribution is 2.15. The van der Waals surface area contributed by atoms with Crippen LogP contribution in [0.1, 0.15) is 142 Å². The van der Waals surface area contributed by atoms with Crippen molar-refractivity contribution in [3.05, 3.63) is 0 Å². The number of rotatable bonds is 24. The van der Waals surface area contributed by atoms with Crippen molar-refractivity contribution in [3.63, 3.8) is 0 Å². The molecule has 0 aromatic heterocycles. The van der Waals surface area contributed by atoms with Crippen molar-refractivity contribution in [1.29, 1.82) is 0 Å². The maximum Gasteiger partial charge on any atom is 0.360 e. The number of likely N-dealkylation sites (N-methyl/N-ethyl adjacent to an activating group) is 1. The zero-order chi connectivity index (χ0) is 26.2. The predicted octanol–water partition coefficient (Wildman–Crippen LogP) is 7.04. The Morgan fingerprint density at radius 2 is 1.03 bits per heavy atom. The molecule has 0 radical (unpaired) electrons. The summed E-state index contributed by atoms with van der Waals surface area (Å²) in [6, 6.07) is 0. The zero-order valence-corrected chi connectivity index (χ0v) is 23.7. The van der Waals surface area contributed by atoms with Crippen LogP contribution in [0.2, 0.25) is 0 Å². The molecule has 6 nitrogen and oxygen atoms in total. The fourth-order valence-corrected chi connectivity index (χ4v) is 4.18. The van der Waals surface area contributed by atoms with Crippen molar-refractivity contribution in [2.24, 2.45) is 0 Å². The summed E-state index contributed by atoms with van der Waals surface area (Å²) in [4.78, 5) is 31.1. The molecular formula is C29H58N2O4. The SMILES string of the molecule is CCCCCCCCCCCCCCCCCCCCCC(=O)N(CCN(C)C)OC(=O)C(C)O. The standard InChI is InChI=1S/C29H58N2O4/c1-5-6-7-8-9-10-11-12-13-14-15-16-17-18-19-20-21-22-23-24-28(33)31(26-25-30(3)4)35-29(34)27(2)32/h27,32H,5-26H2,1-4H3. The molecule has 0 heterocycles. The third kappa shape index (κ3) is 23.0. The number of nitrogens with zero attached hydrogens (tertiary/aromatic N) is 2. The van der Waals surface area contributed by atoms with Crippen molar-refractivity contribution in [3.8, 4) is 0 Å². The van der Waals surface area contributed by atoms with E-state index in [0.717, 1.165) is 24.3 Å². The highest BCUT2D eigenvalue weighted by Gasteiger charge is 2.21. The topological polar surface area (TPSA) is 70.1 Å². The van der Waals surface area contributed by atoms with Crippen LogP contribution in [0.3, 0.4) is 0 Å². The first-order valence-electron chi connectivity index (χ1n) is 14.7. The minimum atomic E-state index is -1.24. The maximum absolute atomic E-state index is 12.4. The molecule has 0 fully saturated rings. The number of hydrogen-bond donors (Lipinski definition) is 1. The van der Waals surface area contributed by atoms with Crippen LogP contribution in [0.25, 0.3) is 0 Å². The molecule has 6 heteroatoms. The Morgan fingerprint density at radius 1 is 0.657 bits per heavy atom. The van der Waals surface area contributed by atoms with Gasteiger partial charge in [0, 0.05) is 13.0 Å². The van der Waals surface area contributed by atoms with E-state index in [1.807, 2.05) is 19.0 Å². The predicted molar refractivity (Wildman–Crippen MR) is 146 cm³/mol. The van der Waals surface area contributed by atoms with Gasteiger partial charge in [-0.25, -0.2) is 4.79 Å². The van der Waals surface area contributed by atoms with Crippen LogP contribution in [0.15, 0.2) is 0 Å². The summed E-state index contributed by atoms with van der Waals surface area (Å²) in [7, 11) is 3.80. The summed E-state index contributed by atoms with van der Waals surface area (Å²) in [5.41, 5.74) is 0. The summed E-state index contributed by atoms with van der Waals surface area (Å²) >= 11 is 0. The lowest BCUT2D eigenvalue weighted by atomic mass is 10.0. The average molecular weight is 499 g/mol. The second-order valence-corrected chi connectivity index (χ2v) is 10.5. The Balaban J connectivity index is 3.57. The van der Waals surface area contributed by atoms with E-state index >= 15 is 0 Å². The monoisotopic (exact) mass is 498 g/mol. The van der Waals surface area contributed by atoms with Gasteiger partial charge in [-0.2, -0.15) is 5.06 Å². The van der Waals surface area contributed by atoms with Gasteiger partial charge < -0.3 is 14.8 Å². The maximum atomic E-state index is 12.4. The summed E-state index contributed by atoms with van der Waals surface area (Å²) in [6.45, 7) is 4.52. The zero-order valence-electron chi connectivity index (χ0n) is 23.7. The molecule has 35 heavy (non-hydrogen) atoms. The molecule has 0 aliphatic carbocycles. The number of hydroxylamine groups is 2. The molecule has 0 bridgehead atoms. The van der Waals surface area contributed by atoms with Crippen molar-refractivity contribution in [1.82, 2.24) is 9.96 Å². The molecule has 1 unspecified atom stereocenters. The Hall–Kier alpha value is -1.14. The quantitative estimate of drug-likeness (QED) is 0.114. The van der Waals surface area contributed by atoms with E-state index in [-0.39, 0.29) is 5.91 Å². The number of aliphatic hydroxyl groups excluding tert-OH is 1. The van der Waals surface area contributed by atoms with E-state index in [0.29, 0.717) is 19.5 Å². The summed E-state index contributed by atoms with van der Waals surface area (Å²) in [5, 5.41) is 10.5. The fraction of sp³-hybridized carbons (Fsp3) is 0.931.